The molecule has 0 amide bonds. The van der Waals surface area contributed by atoms with Crippen molar-refractivity contribution in [1.29, 1.82) is 0 Å². The van der Waals surface area contributed by atoms with Gasteiger partial charge in [-0.05, 0) is 19.4 Å². The Morgan fingerprint density at radius 2 is 2.36 bits per heavy atom. The molecule has 0 bridgehead atoms. The van der Waals surface area contributed by atoms with Crippen molar-refractivity contribution in [2.45, 2.75) is 26.7 Å². The summed E-state index contributed by atoms with van der Waals surface area (Å²) >= 11 is 0. The molecule has 3 nitrogen and oxygen atoms in total. The van der Waals surface area contributed by atoms with E-state index in [-0.39, 0.29) is 5.69 Å². The zero-order chi connectivity index (χ0) is 8.27. The molecule has 1 aromatic heterocycles. The summed E-state index contributed by atoms with van der Waals surface area (Å²) in [5, 5.41) is 0. The van der Waals surface area contributed by atoms with Crippen LogP contribution in [-0.2, 0) is 6.42 Å². The minimum Gasteiger partial charge on any atom is -0.310 e. The van der Waals surface area contributed by atoms with Crippen LogP contribution in [0, 0.1) is 6.92 Å². The molecule has 0 saturated carbocycles. The van der Waals surface area contributed by atoms with E-state index in [0.29, 0.717) is 0 Å². The van der Waals surface area contributed by atoms with Crippen LogP contribution in [0.3, 0.4) is 0 Å². The second kappa shape index (κ2) is 3.32. The molecule has 0 unspecified atom stereocenters. The van der Waals surface area contributed by atoms with E-state index in [9.17, 15) is 4.79 Å². The first-order valence-electron chi connectivity index (χ1n) is 3.79. The third-order valence-corrected chi connectivity index (χ3v) is 1.44. The Morgan fingerprint density at radius 1 is 1.64 bits per heavy atom. The number of nitrogens with one attached hydrogen (secondary N) is 1. The van der Waals surface area contributed by atoms with Crippen molar-refractivity contribution < 1.29 is 0 Å². The maximum Gasteiger partial charge on any atom is 0.345 e. The maximum atomic E-state index is 10.8. The van der Waals surface area contributed by atoms with Gasteiger partial charge in [-0.15, -0.1) is 0 Å². The van der Waals surface area contributed by atoms with Gasteiger partial charge in [-0.3, -0.25) is 0 Å². The van der Waals surface area contributed by atoms with Crippen LogP contribution < -0.4 is 5.69 Å². The summed E-state index contributed by atoms with van der Waals surface area (Å²) in [6.45, 7) is 3.93. The zero-order valence-corrected chi connectivity index (χ0v) is 6.85. The maximum absolute atomic E-state index is 10.8. The molecule has 0 aliphatic carbocycles. The molecule has 0 fully saturated rings. The van der Waals surface area contributed by atoms with E-state index in [2.05, 4.69) is 16.9 Å². The Kier molecular flexibility index (Phi) is 2.41. The molecule has 0 aromatic carbocycles. The Labute approximate surface area is 65.5 Å². The smallest absolute Gasteiger partial charge is 0.310 e. The van der Waals surface area contributed by atoms with E-state index in [0.717, 1.165) is 24.2 Å². The van der Waals surface area contributed by atoms with E-state index in [1.165, 1.54) is 0 Å². The summed E-state index contributed by atoms with van der Waals surface area (Å²) in [5.74, 6) is 0. The van der Waals surface area contributed by atoms with Crippen molar-refractivity contribution >= 4 is 0 Å². The van der Waals surface area contributed by atoms with Crippen molar-refractivity contribution in [3.63, 3.8) is 0 Å². The van der Waals surface area contributed by atoms with Crippen LogP contribution in [0.2, 0.25) is 0 Å². The third kappa shape index (κ3) is 2.18. The molecule has 60 valence electrons. The molecule has 0 spiro atoms. The molecule has 0 aliphatic heterocycles. The van der Waals surface area contributed by atoms with Gasteiger partial charge in [0.1, 0.15) is 0 Å². The van der Waals surface area contributed by atoms with Crippen molar-refractivity contribution in [1.82, 2.24) is 9.97 Å². The fourth-order valence-electron chi connectivity index (χ4n) is 1.03. The highest BCUT2D eigenvalue weighted by Crippen LogP contribution is 1.96. The lowest BCUT2D eigenvalue weighted by Crippen LogP contribution is -2.13. The highest BCUT2D eigenvalue weighted by atomic mass is 16.1. The second-order valence-electron chi connectivity index (χ2n) is 2.61. The first-order valence-corrected chi connectivity index (χ1v) is 3.79. The molecule has 0 radical (unpaired) electrons. The van der Waals surface area contributed by atoms with Gasteiger partial charge in [0.05, 0.1) is 0 Å². The quantitative estimate of drug-likeness (QED) is 0.688. The van der Waals surface area contributed by atoms with Gasteiger partial charge in [0.15, 0.2) is 0 Å². The Balaban J connectivity index is 2.99. The molecular formula is C8H12N2O. The number of aromatic nitrogens is 2. The zero-order valence-electron chi connectivity index (χ0n) is 6.85. The second-order valence-corrected chi connectivity index (χ2v) is 2.61. The van der Waals surface area contributed by atoms with E-state index in [4.69, 9.17) is 0 Å². The van der Waals surface area contributed by atoms with E-state index in [1.54, 1.807) is 0 Å². The van der Waals surface area contributed by atoms with Crippen LogP contribution in [0.5, 0.6) is 0 Å². The highest BCUT2D eigenvalue weighted by molar-refractivity contribution is 5.06. The lowest BCUT2D eigenvalue weighted by atomic mass is 10.2. The number of H-pyrrole nitrogens is 1. The van der Waals surface area contributed by atoms with Gasteiger partial charge in [-0.2, -0.15) is 4.98 Å². The highest BCUT2D eigenvalue weighted by Gasteiger charge is 1.94. The van der Waals surface area contributed by atoms with Crippen LogP contribution in [0.25, 0.3) is 0 Å². The van der Waals surface area contributed by atoms with Crippen LogP contribution in [0.4, 0.5) is 0 Å². The molecule has 0 atom stereocenters. The standard InChI is InChI=1S/C8H12N2O/c1-3-4-7-5-6(2)9-8(11)10-7/h5H,3-4H2,1-2H3,(H,9,10,11). The van der Waals surface area contributed by atoms with Crippen molar-refractivity contribution in [3.05, 3.63) is 27.9 Å². The van der Waals surface area contributed by atoms with Crippen LogP contribution in [0.1, 0.15) is 24.7 Å². The fourth-order valence-corrected chi connectivity index (χ4v) is 1.03. The van der Waals surface area contributed by atoms with Gasteiger partial charge >= 0.3 is 5.69 Å². The summed E-state index contributed by atoms with van der Waals surface area (Å²) in [6.07, 6.45) is 1.90. The summed E-state index contributed by atoms with van der Waals surface area (Å²) in [5.41, 5.74) is 1.52. The van der Waals surface area contributed by atoms with Crippen molar-refractivity contribution in [2.24, 2.45) is 0 Å². The lowest BCUT2D eigenvalue weighted by Gasteiger charge is -1.96. The first-order chi connectivity index (χ1) is 5.22. The van der Waals surface area contributed by atoms with E-state index < -0.39 is 0 Å². The summed E-state index contributed by atoms with van der Waals surface area (Å²) in [6, 6.07) is 1.91. The minimum atomic E-state index is -0.242. The molecule has 1 N–H and O–H groups in total. The number of rotatable bonds is 2. The molecule has 1 rings (SSSR count). The number of aryl methyl sites for hydroxylation is 2. The van der Waals surface area contributed by atoms with Gasteiger partial charge < -0.3 is 4.98 Å². The predicted octanol–water partition coefficient (Wildman–Crippen LogP) is 1.03. The summed E-state index contributed by atoms with van der Waals surface area (Å²) < 4.78 is 0. The molecule has 0 aliphatic rings. The largest absolute Gasteiger partial charge is 0.345 e. The van der Waals surface area contributed by atoms with Crippen molar-refractivity contribution in [2.75, 3.05) is 0 Å². The van der Waals surface area contributed by atoms with Gasteiger partial charge in [0.25, 0.3) is 0 Å². The molecule has 11 heavy (non-hydrogen) atoms. The summed E-state index contributed by atoms with van der Waals surface area (Å²) in [7, 11) is 0. The molecular weight excluding hydrogens is 140 g/mol. The van der Waals surface area contributed by atoms with Gasteiger partial charge in [0.2, 0.25) is 0 Å². The predicted molar refractivity (Wildman–Crippen MR) is 43.6 cm³/mol. The van der Waals surface area contributed by atoms with Crippen LogP contribution in [-0.4, -0.2) is 9.97 Å². The Morgan fingerprint density at radius 3 is 2.91 bits per heavy atom. The third-order valence-electron chi connectivity index (χ3n) is 1.44. The number of hydrogen-bond acceptors (Lipinski definition) is 2. The number of aromatic amines is 1. The monoisotopic (exact) mass is 152 g/mol. The minimum absolute atomic E-state index is 0.242. The molecule has 3 heteroatoms. The lowest BCUT2D eigenvalue weighted by molar-refractivity contribution is 0.849. The Hall–Kier alpha value is -1.12. The van der Waals surface area contributed by atoms with Gasteiger partial charge in [-0.25, -0.2) is 4.79 Å². The van der Waals surface area contributed by atoms with E-state index >= 15 is 0 Å². The van der Waals surface area contributed by atoms with Crippen molar-refractivity contribution in [3.8, 4) is 0 Å². The van der Waals surface area contributed by atoms with Crippen LogP contribution in [0.15, 0.2) is 10.9 Å². The SMILES string of the molecule is CCCc1cc(C)[nH]c(=O)n1. The number of hydrogen-bond donors (Lipinski definition) is 1. The topological polar surface area (TPSA) is 45.8 Å². The number of nitrogens with zero attached hydrogens (tertiary/aromatic N) is 1. The van der Waals surface area contributed by atoms with Gasteiger partial charge in [0, 0.05) is 11.4 Å². The molecule has 0 saturated heterocycles. The average molecular weight is 152 g/mol. The average Bonchev–Trinajstić information content (AvgIpc) is 1.85. The fraction of sp³-hybridized carbons (Fsp3) is 0.500. The van der Waals surface area contributed by atoms with Gasteiger partial charge in [-0.1, -0.05) is 13.3 Å². The molecule has 1 heterocycles. The summed E-state index contributed by atoms with van der Waals surface area (Å²) in [4.78, 5) is 17.2. The van der Waals surface area contributed by atoms with E-state index in [1.807, 2.05) is 13.0 Å². The molecule has 1 aromatic rings. The first kappa shape index (κ1) is 7.98. The Bertz CT molecular complexity index is 290. The van der Waals surface area contributed by atoms with Crippen LogP contribution >= 0.6 is 0 Å². The normalized spacial score (nSPS) is 10.0.